The van der Waals surface area contributed by atoms with Crippen LogP contribution in [0.1, 0.15) is 51.0 Å². The van der Waals surface area contributed by atoms with Crippen LogP contribution < -0.4 is 0 Å². The molecule has 0 radical (unpaired) electrons. The van der Waals surface area contributed by atoms with Crippen molar-refractivity contribution < 1.29 is 19.8 Å². The molecule has 0 aliphatic carbocycles. The Morgan fingerprint density at radius 1 is 0.952 bits per heavy atom. The number of carboxylic acids is 2. The maximum absolute atomic E-state index is 11.6. The summed E-state index contributed by atoms with van der Waals surface area (Å²) in [4.78, 5) is 23.2. The molecule has 0 fully saturated rings. The molecule has 4 nitrogen and oxygen atoms in total. The Hall–Kier alpha value is -1.24. The molecule has 0 aromatic heterocycles. The molecule has 0 saturated carbocycles. The van der Waals surface area contributed by atoms with E-state index in [4.69, 9.17) is 0 Å². The molecule has 5 heteroatoms. The zero-order valence-electron chi connectivity index (χ0n) is 11.8. The van der Waals surface area contributed by atoms with Crippen molar-refractivity contribution in [3.63, 3.8) is 0 Å². The Kier molecular flexibility index (Phi) is 9.08. The van der Waals surface area contributed by atoms with E-state index >= 15 is 0 Å². The van der Waals surface area contributed by atoms with E-state index in [9.17, 15) is 19.8 Å². The monoisotopic (exact) mass is 286 g/mol. The molecule has 0 unspecified atom stereocenters. The summed E-state index contributed by atoms with van der Waals surface area (Å²) in [6.07, 6.45) is 4.81. The third kappa shape index (κ3) is 4.91. The van der Waals surface area contributed by atoms with Crippen LogP contribution in [0, 0.1) is 0 Å². The van der Waals surface area contributed by atoms with Gasteiger partial charge in [0, 0.05) is 0 Å². The van der Waals surface area contributed by atoms with Crippen LogP contribution in [-0.4, -0.2) is 41.0 Å². The number of aliphatic carboxylic acids is 2. The first kappa shape index (κ1) is 19.8. The first-order chi connectivity index (χ1) is 9.55. The van der Waals surface area contributed by atoms with Gasteiger partial charge in [0.25, 0.3) is 0 Å². The Bertz CT molecular complexity index is 431. The van der Waals surface area contributed by atoms with Crippen LogP contribution in [0.15, 0.2) is 30.3 Å². The van der Waals surface area contributed by atoms with Gasteiger partial charge >= 0.3 is 30.8 Å². The molecule has 112 valence electrons. The fourth-order valence-electron chi connectivity index (χ4n) is 2.41. The van der Waals surface area contributed by atoms with Crippen LogP contribution >= 0.6 is 0 Å². The predicted octanol–water partition coefficient (Wildman–Crippen LogP) is 2.81. The Morgan fingerprint density at radius 2 is 1.48 bits per heavy atom. The summed E-state index contributed by atoms with van der Waals surface area (Å²) in [7, 11) is 0. The van der Waals surface area contributed by atoms with Gasteiger partial charge in [0.05, 0.1) is 0 Å². The molecule has 21 heavy (non-hydrogen) atoms. The normalized spacial score (nSPS) is 10.7. The fourth-order valence-corrected chi connectivity index (χ4v) is 2.41. The van der Waals surface area contributed by atoms with E-state index in [1.165, 1.54) is 0 Å². The van der Waals surface area contributed by atoms with E-state index in [0.717, 1.165) is 25.7 Å². The molecule has 0 atom stereocenters. The third-order valence-electron chi connectivity index (χ3n) is 3.65. The van der Waals surface area contributed by atoms with Gasteiger partial charge in [0.1, 0.15) is 0 Å². The van der Waals surface area contributed by atoms with Gasteiger partial charge in [-0.25, -0.2) is 0 Å². The van der Waals surface area contributed by atoms with E-state index in [1.54, 1.807) is 30.3 Å². The molecular formula is C16H23LiO4. The summed E-state index contributed by atoms with van der Waals surface area (Å²) in [6.45, 7) is 2.10. The Balaban J connectivity index is 0.00000400. The van der Waals surface area contributed by atoms with Gasteiger partial charge < -0.3 is 10.2 Å². The van der Waals surface area contributed by atoms with E-state index in [2.05, 4.69) is 6.92 Å². The quantitative estimate of drug-likeness (QED) is 0.416. The maximum atomic E-state index is 11.6. The summed E-state index contributed by atoms with van der Waals surface area (Å²) in [5.74, 6) is -2.57. The van der Waals surface area contributed by atoms with E-state index in [1.807, 2.05) is 0 Å². The van der Waals surface area contributed by atoms with Crippen molar-refractivity contribution >= 4 is 30.8 Å². The molecule has 0 bridgehead atoms. The van der Waals surface area contributed by atoms with Crippen LogP contribution in [-0.2, 0) is 15.0 Å². The number of carboxylic acid groups (broad SMARTS) is 2. The number of rotatable bonds is 9. The molecule has 2 N–H and O–H groups in total. The molecule has 0 saturated heterocycles. The van der Waals surface area contributed by atoms with Crippen LogP contribution in [0.25, 0.3) is 0 Å². The molecule has 0 spiro atoms. The molecule has 1 aromatic carbocycles. The number of hydrogen-bond acceptors (Lipinski definition) is 2. The molecule has 0 aliphatic heterocycles. The van der Waals surface area contributed by atoms with Crippen molar-refractivity contribution in [3.05, 3.63) is 35.9 Å². The van der Waals surface area contributed by atoms with E-state index in [0.29, 0.717) is 12.0 Å². The molecule has 0 heterocycles. The summed E-state index contributed by atoms with van der Waals surface area (Å²) >= 11 is 0. The second kappa shape index (κ2) is 9.65. The van der Waals surface area contributed by atoms with Crippen LogP contribution in [0.2, 0.25) is 0 Å². The Morgan fingerprint density at radius 3 is 1.95 bits per heavy atom. The molecule has 0 aliphatic rings. The number of carbonyl (C=O) groups is 2. The topological polar surface area (TPSA) is 74.6 Å². The molecule has 0 amide bonds. The molecule has 1 rings (SSSR count). The van der Waals surface area contributed by atoms with Crippen molar-refractivity contribution in [2.45, 2.75) is 50.9 Å². The van der Waals surface area contributed by atoms with Gasteiger partial charge in [-0.15, -0.1) is 0 Å². The zero-order chi connectivity index (χ0) is 15.0. The second-order valence-electron chi connectivity index (χ2n) is 5.05. The van der Waals surface area contributed by atoms with Crippen molar-refractivity contribution in [2.24, 2.45) is 0 Å². The average Bonchev–Trinajstić information content (AvgIpc) is 2.43. The van der Waals surface area contributed by atoms with Gasteiger partial charge in [-0.3, -0.25) is 9.59 Å². The minimum absolute atomic E-state index is 0. The third-order valence-corrected chi connectivity index (χ3v) is 3.65. The number of unbranched alkanes of at least 4 members (excludes halogenated alkanes) is 4. The van der Waals surface area contributed by atoms with Gasteiger partial charge in [0.15, 0.2) is 5.41 Å². The van der Waals surface area contributed by atoms with Crippen LogP contribution in [0.4, 0.5) is 0 Å². The fraction of sp³-hybridized carbons (Fsp3) is 0.500. The summed E-state index contributed by atoms with van der Waals surface area (Å²) < 4.78 is 0. The first-order valence-corrected chi connectivity index (χ1v) is 7.08. The van der Waals surface area contributed by atoms with Gasteiger partial charge in [-0.2, -0.15) is 0 Å². The van der Waals surface area contributed by atoms with Crippen LogP contribution in [0.3, 0.4) is 0 Å². The SMILES string of the molecule is CCCCCCCC(C(=O)O)(C(=O)O)c1ccccc1.[LiH]. The summed E-state index contributed by atoms with van der Waals surface area (Å²) in [5.41, 5.74) is -1.48. The molecule has 1 aromatic rings. The van der Waals surface area contributed by atoms with Gasteiger partial charge in [0.2, 0.25) is 0 Å². The van der Waals surface area contributed by atoms with Crippen molar-refractivity contribution in [1.29, 1.82) is 0 Å². The van der Waals surface area contributed by atoms with Gasteiger partial charge in [-0.05, 0) is 12.0 Å². The first-order valence-electron chi connectivity index (χ1n) is 7.08. The van der Waals surface area contributed by atoms with Crippen molar-refractivity contribution in [3.8, 4) is 0 Å². The minimum atomic E-state index is -1.83. The standard InChI is InChI=1S/C16H22O4.Li.H/c1-2-3-4-5-9-12-16(14(17)18,15(19)20)13-10-7-6-8-11-13;;/h6-8,10-11H,2-5,9,12H2,1H3,(H,17,18)(H,19,20);;. The predicted molar refractivity (Wildman–Crippen MR) is 83.9 cm³/mol. The van der Waals surface area contributed by atoms with E-state index in [-0.39, 0.29) is 25.3 Å². The number of benzene rings is 1. The Labute approximate surface area is 137 Å². The average molecular weight is 286 g/mol. The van der Waals surface area contributed by atoms with Crippen molar-refractivity contribution in [2.75, 3.05) is 0 Å². The van der Waals surface area contributed by atoms with Crippen LogP contribution in [0.5, 0.6) is 0 Å². The summed E-state index contributed by atoms with van der Waals surface area (Å²) in [6, 6.07) is 8.25. The summed E-state index contributed by atoms with van der Waals surface area (Å²) in [5, 5.41) is 18.9. The van der Waals surface area contributed by atoms with Gasteiger partial charge in [-0.1, -0.05) is 69.4 Å². The molecular weight excluding hydrogens is 263 g/mol. The van der Waals surface area contributed by atoms with E-state index < -0.39 is 17.4 Å². The second-order valence-corrected chi connectivity index (χ2v) is 5.05. The number of hydrogen-bond donors (Lipinski definition) is 2. The zero-order valence-corrected chi connectivity index (χ0v) is 11.8. The van der Waals surface area contributed by atoms with Crippen molar-refractivity contribution in [1.82, 2.24) is 0 Å².